The Morgan fingerprint density at radius 1 is 1.17 bits per heavy atom. The predicted molar refractivity (Wildman–Crippen MR) is 155 cm³/mol. The van der Waals surface area contributed by atoms with Crippen molar-refractivity contribution in [3.05, 3.63) is 48.2 Å². The summed E-state index contributed by atoms with van der Waals surface area (Å²) in [6, 6.07) is 11.5. The molecule has 0 amide bonds. The van der Waals surface area contributed by atoms with Gasteiger partial charge >= 0.3 is 6.18 Å². The van der Waals surface area contributed by atoms with E-state index in [2.05, 4.69) is 27.5 Å². The number of ether oxygens (including phenoxy) is 1. The summed E-state index contributed by atoms with van der Waals surface area (Å²) in [6.07, 6.45) is -1.72. The van der Waals surface area contributed by atoms with Crippen LogP contribution < -0.4 is 21.1 Å². The zero-order valence-electron chi connectivity index (χ0n) is 23.0. The standard InChI is InChI=1S/C28H33F3N6O3S/c1-33-27(32)36-14-11-19(12-15-36)35-23-7-4-8-25-22(23)16-20(37(25)18-28(29,30)31)6-5-13-34-24-10-9-21(41(3,38)39)17-26(24)40-2/h4,7-10,16-17,19,34-35H,11-15,18H2,1-3H3,(H2,32,33). The molecule has 0 aliphatic carbocycles. The second-order valence-corrected chi connectivity index (χ2v) is 11.8. The molecule has 9 nitrogen and oxygen atoms in total. The quantitative estimate of drug-likeness (QED) is 0.217. The normalized spacial score (nSPS) is 15.0. The van der Waals surface area contributed by atoms with E-state index in [0.29, 0.717) is 28.3 Å². The SMILES string of the molecule is CN=C(N)N1CCC(Nc2cccc3c2cc(C#CCNc2ccc(S(C)(=O)=O)cc2OC)n3CC(F)(F)F)CC1. The molecule has 1 aromatic heterocycles. The first-order valence-electron chi connectivity index (χ1n) is 12.9. The Morgan fingerprint density at radius 2 is 1.90 bits per heavy atom. The van der Waals surface area contributed by atoms with Crippen LogP contribution in [0, 0.1) is 11.8 Å². The lowest BCUT2D eigenvalue weighted by Gasteiger charge is -2.33. The van der Waals surface area contributed by atoms with E-state index in [1.165, 1.54) is 23.8 Å². The molecular formula is C28H33F3N6O3S. The molecule has 2 aromatic carbocycles. The number of aliphatic imine (C=N–C) groups is 1. The molecule has 0 radical (unpaired) electrons. The van der Waals surface area contributed by atoms with Gasteiger partial charge in [-0.2, -0.15) is 13.2 Å². The lowest BCUT2D eigenvalue weighted by atomic mass is 10.0. The van der Waals surface area contributed by atoms with E-state index in [0.717, 1.165) is 37.9 Å². The summed E-state index contributed by atoms with van der Waals surface area (Å²) in [5.74, 6) is 6.57. The molecule has 0 atom stereocenters. The molecule has 1 saturated heterocycles. The number of nitrogens with one attached hydrogen (secondary N) is 2. The lowest BCUT2D eigenvalue weighted by Crippen LogP contribution is -2.45. The van der Waals surface area contributed by atoms with Gasteiger partial charge in [-0.1, -0.05) is 12.0 Å². The number of hydrogen-bond acceptors (Lipinski definition) is 6. The van der Waals surface area contributed by atoms with Crippen LogP contribution >= 0.6 is 0 Å². The number of halogens is 3. The molecule has 1 aliphatic heterocycles. The van der Waals surface area contributed by atoms with Crippen molar-refractivity contribution in [1.82, 2.24) is 9.47 Å². The van der Waals surface area contributed by atoms with Gasteiger partial charge in [0.05, 0.1) is 35.4 Å². The first-order valence-corrected chi connectivity index (χ1v) is 14.8. The number of aromatic nitrogens is 1. The van der Waals surface area contributed by atoms with Gasteiger partial charge in [0.25, 0.3) is 0 Å². The van der Waals surface area contributed by atoms with Gasteiger partial charge in [0.15, 0.2) is 15.8 Å². The maximum absolute atomic E-state index is 13.6. The molecular weight excluding hydrogens is 557 g/mol. The summed E-state index contributed by atoms with van der Waals surface area (Å²) in [7, 11) is -0.349. The van der Waals surface area contributed by atoms with Crippen molar-refractivity contribution in [2.75, 3.05) is 50.7 Å². The number of guanidine groups is 1. The summed E-state index contributed by atoms with van der Waals surface area (Å²) in [5, 5.41) is 7.20. The Bertz CT molecular complexity index is 1600. The molecule has 41 heavy (non-hydrogen) atoms. The first-order chi connectivity index (χ1) is 19.4. The molecule has 0 bridgehead atoms. The molecule has 0 saturated carbocycles. The van der Waals surface area contributed by atoms with E-state index < -0.39 is 22.6 Å². The fourth-order valence-corrected chi connectivity index (χ4v) is 5.44. The number of nitrogens with two attached hydrogens (primary N) is 1. The third-order valence-electron chi connectivity index (χ3n) is 6.88. The summed E-state index contributed by atoms with van der Waals surface area (Å²) in [5.41, 5.74) is 7.84. The van der Waals surface area contributed by atoms with Gasteiger partial charge in [-0.15, -0.1) is 0 Å². The first kappa shape index (κ1) is 29.9. The van der Waals surface area contributed by atoms with Crippen LogP contribution in [0.1, 0.15) is 18.5 Å². The van der Waals surface area contributed by atoms with E-state index in [-0.39, 0.29) is 23.2 Å². The maximum atomic E-state index is 13.6. The van der Waals surface area contributed by atoms with E-state index in [4.69, 9.17) is 10.5 Å². The Balaban J connectivity index is 1.56. The number of sulfone groups is 1. The van der Waals surface area contributed by atoms with Crippen LogP contribution in [0.2, 0.25) is 0 Å². The van der Waals surface area contributed by atoms with Crippen molar-refractivity contribution in [3.8, 4) is 17.6 Å². The number of piperidine rings is 1. The Labute approximate surface area is 237 Å². The third kappa shape index (κ3) is 7.38. The van der Waals surface area contributed by atoms with Gasteiger partial charge in [-0.3, -0.25) is 4.99 Å². The topological polar surface area (TPSA) is 114 Å². The predicted octanol–water partition coefficient (Wildman–Crippen LogP) is 3.90. The Hall–Kier alpha value is -4.05. The minimum atomic E-state index is -4.44. The van der Waals surface area contributed by atoms with Crippen LogP contribution in [0.15, 0.2) is 52.4 Å². The molecule has 3 aromatic rings. The van der Waals surface area contributed by atoms with Gasteiger partial charge in [-0.05, 0) is 49.1 Å². The number of likely N-dealkylation sites (tertiary alicyclic amines) is 1. The minimum absolute atomic E-state index is 0.0933. The van der Waals surface area contributed by atoms with Crippen molar-refractivity contribution < 1.29 is 26.3 Å². The largest absolute Gasteiger partial charge is 0.495 e. The van der Waals surface area contributed by atoms with E-state index in [1.54, 1.807) is 31.3 Å². The van der Waals surface area contributed by atoms with Gasteiger partial charge in [0.1, 0.15) is 12.3 Å². The van der Waals surface area contributed by atoms with E-state index in [9.17, 15) is 21.6 Å². The van der Waals surface area contributed by atoms with Crippen molar-refractivity contribution >= 4 is 38.1 Å². The number of rotatable bonds is 7. The summed E-state index contributed by atoms with van der Waals surface area (Å²) < 4.78 is 70.8. The van der Waals surface area contributed by atoms with Crippen molar-refractivity contribution in [2.24, 2.45) is 10.7 Å². The van der Waals surface area contributed by atoms with Crippen LogP contribution in [-0.4, -0.2) is 76.1 Å². The highest BCUT2D eigenvalue weighted by atomic mass is 32.2. The van der Waals surface area contributed by atoms with Crippen molar-refractivity contribution in [3.63, 3.8) is 0 Å². The van der Waals surface area contributed by atoms with Crippen LogP contribution in [-0.2, 0) is 16.4 Å². The van der Waals surface area contributed by atoms with Crippen molar-refractivity contribution in [2.45, 2.75) is 36.5 Å². The van der Waals surface area contributed by atoms with E-state index >= 15 is 0 Å². The number of anilines is 2. The van der Waals surface area contributed by atoms with Crippen molar-refractivity contribution in [1.29, 1.82) is 0 Å². The second-order valence-electron chi connectivity index (χ2n) is 9.75. The molecule has 1 aliphatic rings. The fraction of sp³-hybridized carbons (Fsp3) is 0.393. The van der Waals surface area contributed by atoms with Gasteiger partial charge < -0.3 is 30.6 Å². The summed E-state index contributed by atoms with van der Waals surface area (Å²) in [6.45, 7) is 0.386. The number of fused-ring (bicyclic) bond motifs is 1. The zero-order chi connectivity index (χ0) is 29.8. The summed E-state index contributed by atoms with van der Waals surface area (Å²) in [4.78, 5) is 6.15. The molecule has 0 unspecified atom stereocenters. The lowest BCUT2D eigenvalue weighted by molar-refractivity contribution is -0.140. The smallest absolute Gasteiger partial charge is 0.406 e. The zero-order valence-corrected chi connectivity index (χ0v) is 23.9. The number of alkyl halides is 3. The molecule has 2 heterocycles. The highest BCUT2D eigenvalue weighted by molar-refractivity contribution is 7.90. The van der Waals surface area contributed by atoms with Gasteiger partial charge in [-0.25, -0.2) is 8.42 Å². The molecule has 1 fully saturated rings. The number of hydrogen-bond donors (Lipinski definition) is 3. The van der Waals surface area contributed by atoms with E-state index in [1.807, 2.05) is 11.0 Å². The molecule has 0 spiro atoms. The maximum Gasteiger partial charge on any atom is 0.406 e. The average Bonchev–Trinajstić information content (AvgIpc) is 3.27. The highest BCUT2D eigenvalue weighted by Crippen LogP contribution is 2.31. The molecule has 220 valence electrons. The second kappa shape index (κ2) is 12.2. The van der Waals surface area contributed by atoms with Crippen LogP contribution in [0.25, 0.3) is 10.9 Å². The molecule has 4 N–H and O–H groups in total. The third-order valence-corrected chi connectivity index (χ3v) is 7.99. The summed E-state index contributed by atoms with van der Waals surface area (Å²) >= 11 is 0. The van der Waals surface area contributed by atoms with Crippen LogP contribution in [0.4, 0.5) is 24.5 Å². The Morgan fingerprint density at radius 3 is 2.54 bits per heavy atom. The highest BCUT2D eigenvalue weighted by Gasteiger charge is 2.30. The molecule has 13 heteroatoms. The average molecular weight is 591 g/mol. The van der Waals surface area contributed by atoms with Crippen LogP contribution in [0.3, 0.4) is 0 Å². The fourth-order valence-electron chi connectivity index (χ4n) is 4.80. The number of methoxy groups -OCH3 is 1. The molecule has 4 rings (SSSR count). The van der Waals surface area contributed by atoms with Gasteiger partial charge in [0, 0.05) is 49.6 Å². The number of benzene rings is 2. The number of nitrogens with zero attached hydrogens (tertiary/aromatic N) is 3. The monoisotopic (exact) mass is 590 g/mol. The Kier molecular flexibility index (Phi) is 8.92. The van der Waals surface area contributed by atoms with Gasteiger partial charge in [0.2, 0.25) is 0 Å². The van der Waals surface area contributed by atoms with Crippen LogP contribution in [0.5, 0.6) is 5.75 Å². The minimum Gasteiger partial charge on any atom is -0.495 e.